The van der Waals surface area contributed by atoms with Gasteiger partial charge in [-0.3, -0.25) is 9.59 Å². The molecule has 0 unspecified atom stereocenters. The molecule has 3 N–H and O–H groups in total. The number of phenols is 1. The highest BCUT2D eigenvalue weighted by Gasteiger charge is 2.24. The molecule has 3 aromatic carbocycles. The topological polar surface area (TPSA) is 82.2 Å². The number of phenolic OH excluding ortho intramolecular Hbond substituents is 1. The van der Waals surface area contributed by atoms with Gasteiger partial charge in [0.2, 0.25) is 0 Å². The first kappa shape index (κ1) is 18.7. The number of carbonyl (C=O) groups is 2. The molecular weight excluding hydrogens is 400 g/mol. The van der Waals surface area contributed by atoms with Gasteiger partial charge in [0.05, 0.1) is 12.1 Å². The Balaban J connectivity index is 1.34. The minimum atomic E-state index is -0.515. The zero-order valence-corrected chi connectivity index (χ0v) is 16.8. The van der Waals surface area contributed by atoms with Gasteiger partial charge in [-0.2, -0.15) is 0 Å². The average Bonchev–Trinajstić information content (AvgIpc) is 3.50. The maximum absolute atomic E-state index is 12.7. The lowest BCUT2D eigenvalue weighted by molar-refractivity contribution is 0.0903. The molecule has 1 amide bonds. The fourth-order valence-corrected chi connectivity index (χ4v) is 4.02. The van der Waals surface area contributed by atoms with E-state index in [1.807, 2.05) is 6.07 Å². The van der Waals surface area contributed by atoms with E-state index >= 15 is 0 Å². The van der Waals surface area contributed by atoms with Gasteiger partial charge >= 0.3 is 0 Å². The van der Waals surface area contributed by atoms with Gasteiger partial charge in [-0.1, -0.05) is 29.8 Å². The van der Waals surface area contributed by atoms with E-state index in [0.717, 1.165) is 21.7 Å². The smallest absolute Gasteiger partial charge is 0.255 e. The van der Waals surface area contributed by atoms with Crippen LogP contribution in [0.5, 0.6) is 5.75 Å². The number of hydrogen-bond donors (Lipinski definition) is 3. The summed E-state index contributed by atoms with van der Waals surface area (Å²) in [6, 6.07) is 14.4. The number of nitrogens with one attached hydrogen (secondary N) is 2. The van der Waals surface area contributed by atoms with Crippen LogP contribution in [0.3, 0.4) is 0 Å². The lowest BCUT2D eigenvalue weighted by Crippen LogP contribution is -2.29. The molecule has 0 atom stereocenters. The highest BCUT2D eigenvalue weighted by Crippen LogP contribution is 2.41. The van der Waals surface area contributed by atoms with Gasteiger partial charge in [-0.15, -0.1) is 0 Å². The van der Waals surface area contributed by atoms with Gasteiger partial charge in [0.15, 0.2) is 5.78 Å². The number of carbonyl (C=O) groups excluding carboxylic acids is 2. The Morgan fingerprint density at radius 1 is 1.03 bits per heavy atom. The number of halogens is 1. The Morgan fingerprint density at radius 3 is 2.67 bits per heavy atom. The second-order valence-corrected chi connectivity index (χ2v) is 8.18. The van der Waals surface area contributed by atoms with Crippen LogP contribution < -0.4 is 5.32 Å². The van der Waals surface area contributed by atoms with Crippen LogP contribution in [-0.4, -0.2) is 28.3 Å². The SMILES string of the molecule is O=C(NCC(=O)c1c[nH]c2cc(C3CC3)ccc12)c1cc2cc(Cl)ccc2cc1O. The van der Waals surface area contributed by atoms with Gasteiger partial charge in [0, 0.05) is 27.7 Å². The Kier molecular flexibility index (Phi) is 4.48. The molecule has 5 rings (SSSR count). The van der Waals surface area contributed by atoms with Crippen molar-refractivity contribution in [3.8, 4) is 5.75 Å². The second kappa shape index (κ2) is 7.18. The van der Waals surface area contributed by atoms with Crippen LogP contribution in [-0.2, 0) is 0 Å². The number of aromatic amines is 1. The summed E-state index contributed by atoms with van der Waals surface area (Å²) < 4.78 is 0. The number of amides is 1. The highest BCUT2D eigenvalue weighted by molar-refractivity contribution is 6.31. The van der Waals surface area contributed by atoms with Crippen molar-refractivity contribution >= 4 is 45.0 Å². The Labute approximate surface area is 177 Å². The van der Waals surface area contributed by atoms with E-state index in [1.54, 1.807) is 30.5 Å². The molecule has 6 heteroatoms. The number of hydrogen-bond acceptors (Lipinski definition) is 3. The number of aromatic hydroxyl groups is 1. The maximum atomic E-state index is 12.7. The van der Waals surface area contributed by atoms with Gasteiger partial charge in [-0.25, -0.2) is 0 Å². The van der Waals surface area contributed by atoms with Gasteiger partial charge in [0.1, 0.15) is 5.75 Å². The molecule has 30 heavy (non-hydrogen) atoms. The lowest BCUT2D eigenvalue weighted by atomic mass is 10.0. The van der Waals surface area contributed by atoms with E-state index in [0.29, 0.717) is 16.5 Å². The molecule has 1 aliphatic carbocycles. The van der Waals surface area contributed by atoms with Gasteiger partial charge < -0.3 is 15.4 Å². The highest BCUT2D eigenvalue weighted by atomic mass is 35.5. The van der Waals surface area contributed by atoms with E-state index < -0.39 is 5.91 Å². The van der Waals surface area contributed by atoms with Crippen molar-refractivity contribution in [2.75, 3.05) is 6.54 Å². The number of fused-ring (bicyclic) bond motifs is 2. The maximum Gasteiger partial charge on any atom is 0.255 e. The van der Waals surface area contributed by atoms with Crippen molar-refractivity contribution < 1.29 is 14.7 Å². The summed E-state index contributed by atoms with van der Waals surface area (Å²) >= 11 is 6.02. The van der Waals surface area contributed by atoms with E-state index in [2.05, 4.69) is 22.4 Å². The first-order valence-electron chi connectivity index (χ1n) is 9.84. The van der Waals surface area contributed by atoms with Crippen LogP contribution in [0.15, 0.2) is 54.7 Å². The Bertz CT molecular complexity index is 1320. The molecule has 0 radical (unpaired) electrons. The molecule has 0 spiro atoms. The molecule has 1 heterocycles. The van der Waals surface area contributed by atoms with Crippen molar-refractivity contribution in [1.29, 1.82) is 0 Å². The summed E-state index contributed by atoms with van der Waals surface area (Å²) in [7, 11) is 0. The zero-order valence-electron chi connectivity index (χ0n) is 16.0. The Morgan fingerprint density at radius 2 is 1.87 bits per heavy atom. The van der Waals surface area contributed by atoms with E-state index in [4.69, 9.17) is 11.6 Å². The van der Waals surface area contributed by atoms with Crippen LogP contribution >= 0.6 is 11.6 Å². The quantitative estimate of drug-likeness (QED) is 0.391. The predicted molar refractivity (Wildman–Crippen MR) is 118 cm³/mol. The van der Waals surface area contributed by atoms with Crippen LogP contribution in [0.4, 0.5) is 0 Å². The molecule has 1 aromatic heterocycles. The molecule has 4 aromatic rings. The number of benzene rings is 3. The first-order valence-corrected chi connectivity index (χ1v) is 10.2. The molecule has 1 saturated carbocycles. The normalized spacial score (nSPS) is 13.6. The largest absolute Gasteiger partial charge is 0.507 e. The molecule has 150 valence electrons. The van der Waals surface area contributed by atoms with Crippen LogP contribution in [0.25, 0.3) is 21.7 Å². The summed E-state index contributed by atoms with van der Waals surface area (Å²) in [4.78, 5) is 28.5. The van der Waals surface area contributed by atoms with Crippen molar-refractivity contribution in [2.45, 2.75) is 18.8 Å². The summed E-state index contributed by atoms with van der Waals surface area (Å²) in [5.74, 6) is -0.217. The second-order valence-electron chi connectivity index (χ2n) is 7.75. The van der Waals surface area contributed by atoms with Crippen LogP contribution in [0.2, 0.25) is 5.02 Å². The molecule has 1 fully saturated rings. The fourth-order valence-electron chi connectivity index (χ4n) is 3.83. The van der Waals surface area contributed by atoms with E-state index in [9.17, 15) is 14.7 Å². The number of rotatable bonds is 5. The van der Waals surface area contributed by atoms with Gasteiger partial charge in [0.25, 0.3) is 5.91 Å². The third kappa shape index (κ3) is 3.42. The summed E-state index contributed by atoms with van der Waals surface area (Å²) in [5, 5.41) is 15.7. The third-order valence-electron chi connectivity index (χ3n) is 5.63. The average molecular weight is 419 g/mol. The third-order valence-corrected chi connectivity index (χ3v) is 5.86. The minimum Gasteiger partial charge on any atom is -0.507 e. The molecule has 0 bridgehead atoms. The summed E-state index contributed by atoms with van der Waals surface area (Å²) in [5.41, 5.74) is 2.87. The standard InChI is InChI=1S/C24H19ClN2O3/c25-17-5-3-15-10-22(28)19(8-16(15)7-17)24(30)27-12-23(29)20-11-26-21-9-14(13-1-2-13)4-6-18(20)21/h3-11,13,26,28H,1-2,12H2,(H,27,30). The van der Waals surface area contributed by atoms with Crippen molar-refractivity contribution in [1.82, 2.24) is 10.3 Å². The van der Waals surface area contributed by atoms with Crippen molar-refractivity contribution in [3.05, 3.63) is 76.4 Å². The Hall–Kier alpha value is -3.31. The molecule has 0 aliphatic heterocycles. The molecule has 1 aliphatic rings. The lowest BCUT2D eigenvalue weighted by Gasteiger charge is -2.08. The monoisotopic (exact) mass is 418 g/mol. The van der Waals surface area contributed by atoms with Crippen LogP contribution in [0.1, 0.15) is 45.0 Å². The van der Waals surface area contributed by atoms with E-state index in [1.165, 1.54) is 24.5 Å². The molecule has 0 saturated heterocycles. The number of ketones is 1. The zero-order chi connectivity index (χ0) is 20.8. The first-order chi connectivity index (χ1) is 14.5. The minimum absolute atomic E-state index is 0.102. The van der Waals surface area contributed by atoms with E-state index in [-0.39, 0.29) is 23.6 Å². The predicted octanol–water partition coefficient (Wildman–Crippen LogP) is 5.17. The van der Waals surface area contributed by atoms with Gasteiger partial charge in [-0.05, 0) is 65.4 Å². The van der Waals surface area contributed by atoms with Crippen molar-refractivity contribution in [2.24, 2.45) is 0 Å². The molecule has 5 nitrogen and oxygen atoms in total. The molecular formula is C24H19ClN2O3. The summed E-state index contributed by atoms with van der Waals surface area (Å²) in [6.45, 7) is -0.164. The van der Waals surface area contributed by atoms with Crippen molar-refractivity contribution in [3.63, 3.8) is 0 Å². The number of aromatic nitrogens is 1. The fraction of sp³-hybridized carbons (Fsp3) is 0.167. The number of Topliss-reactive ketones (excluding diaryl/α,β-unsaturated/α-hetero) is 1. The summed E-state index contributed by atoms with van der Waals surface area (Å²) in [6.07, 6.45) is 4.13. The van der Waals surface area contributed by atoms with Crippen LogP contribution in [0, 0.1) is 0 Å². The number of H-pyrrole nitrogens is 1.